The molecule has 0 radical (unpaired) electrons. The molecule has 0 aliphatic carbocycles. The van der Waals surface area contributed by atoms with Crippen molar-refractivity contribution in [2.24, 2.45) is 11.0 Å². The Balaban J connectivity index is 2.06. The van der Waals surface area contributed by atoms with E-state index in [4.69, 9.17) is 5.10 Å². The topological polar surface area (TPSA) is 78.8 Å². The van der Waals surface area contributed by atoms with E-state index in [9.17, 15) is 13.2 Å². The SMILES string of the molecule is CCC(CC)C(=O)N1N=C(c2ccccc2NS(C)(=O)=O)C[C@@H]1c1ccccc1C. The molecule has 30 heavy (non-hydrogen) atoms. The Kier molecular flexibility index (Phi) is 6.61. The van der Waals surface area contributed by atoms with Gasteiger partial charge in [-0.1, -0.05) is 56.3 Å². The van der Waals surface area contributed by atoms with Gasteiger partial charge in [0.1, 0.15) is 0 Å². The zero-order chi connectivity index (χ0) is 21.9. The first-order valence-electron chi connectivity index (χ1n) is 10.3. The van der Waals surface area contributed by atoms with Crippen LogP contribution in [0.4, 0.5) is 5.69 Å². The van der Waals surface area contributed by atoms with Gasteiger partial charge < -0.3 is 0 Å². The van der Waals surface area contributed by atoms with E-state index in [-0.39, 0.29) is 17.9 Å². The molecule has 0 bridgehead atoms. The first kappa shape index (κ1) is 22.0. The second kappa shape index (κ2) is 9.00. The normalized spacial score (nSPS) is 16.6. The van der Waals surface area contributed by atoms with E-state index in [1.54, 1.807) is 17.1 Å². The Labute approximate surface area is 179 Å². The summed E-state index contributed by atoms with van der Waals surface area (Å²) in [6, 6.07) is 15.0. The number of benzene rings is 2. The number of sulfonamides is 1. The van der Waals surface area contributed by atoms with Crippen molar-refractivity contribution in [1.82, 2.24) is 5.01 Å². The van der Waals surface area contributed by atoms with Crippen LogP contribution in [0.2, 0.25) is 0 Å². The molecule has 0 aromatic heterocycles. The fraction of sp³-hybridized carbons (Fsp3) is 0.391. The fourth-order valence-electron chi connectivity index (χ4n) is 3.93. The van der Waals surface area contributed by atoms with Crippen LogP contribution in [0.15, 0.2) is 53.6 Å². The molecule has 7 heteroatoms. The van der Waals surface area contributed by atoms with Crippen molar-refractivity contribution in [3.63, 3.8) is 0 Å². The number of hydrogen-bond donors (Lipinski definition) is 1. The standard InChI is InChI=1S/C23H29N3O3S/c1-5-17(6-2)23(27)26-22(18-12-8-7-11-16(18)3)15-21(24-26)19-13-9-10-14-20(19)25-30(4,28)29/h7-14,17,22,25H,5-6,15H2,1-4H3/t22-/m1/s1. The van der Waals surface area contributed by atoms with Gasteiger partial charge in [0.2, 0.25) is 15.9 Å². The summed E-state index contributed by atoms with van der Waals surface area (Å²) < 4.78 is 26.2. The fourth-order valence-corrected chi connectivity index (χ4v) is 4.51. The van der Waals surface area contributed by atoms with Crippen LogP contribution in [-0.4, -0.2) is 31.3 Å². The number of para-hydroxylation sites is 1. The average Bonchev–Trinajstić information content (AvgIpc) is 3.13. The van der Waals surface area contributed by atoms with Gasteiger partial charge in [-0.2, -0.15) is 5.10 Å². The Morgan fingerprint density at radius 1 is 1.13 bits per heavy atom. The van der Waals surface area contributed by atoms with Crippen molar-refractivity contribution < 1.29 is 13.2 Å². The van der Waals surface area contributed by atoms with E-state index < -0.39 is 10.0 Å². The highest BCUT2D eigenvalue weighted by atomic mass is 32.2. The Morgan fingerprint density at radius 3 is 2.40 bits per heavy atom. The Bertz CT molecular complexity index is 1060. The summed E-state index contributed by atoms with van der Waals surface area (Å²) in [5.41, 5.74) is 4.03. The van der Waals surface area contributed by atoms with E-state index >= 15 is 0 Å². The van der Waals surface area contributed by atoms with Crippen LogP contribution in [0.25, 0.3) is 0 Å². The van der Waals surface area contributed by atoms with Gasteiger partial charge in [-0.15, -0.1) is 0 Å². The molecule has 0 unspecified atom stereocenters. The summed E-state index contributed by atoms with van der Waals surface area (Å²) in [4.78, 5) is 13.3. The van der Waals surface area contributed by atoms with Gasteiger partial charge in [-0.3, -0.25) is 9.52 Å². The zero-order valence-electron chi connectivity index (χ0n) is 17.9. The van der Waals surface area contributed by atoms with Gasteiger partial charge in [0.25, 0.3) is 0 Å². The van der Waals surface area contributed by atoms with Crippen molar-refractivity contribution in [3.05, 3.63) is 65.2 Å². The van der Waals surface area contributed by atoms with Crippen molar-refractivity contribution >= 4 is 27.3 Å². The maximum atomic E-state index is 13.3. The summed E-state index contributed by atoms with van der Waals surface area (Å²) in [6.07, 6.45) is 3.16. The van der Waals surface area contributed by atoms with Crippen LogP contribution >= 0.6 is 0 Å². The lowest BCUT2D eigenvalue weighted by molar-refractivity contribution is -0.137. The number of rotatable bonds is 7. The molecule has 1 amide bonds. The minimum absolute atomic E-state index is 0.0109. The molecule has 3 rings (SSSR count). The third-order valence-corrected chi connectivity index (χ3v) is 6.14. The lowest BCUT2D eigenvalue weighted by Gasteiger charge is -2.26. The lowest BCUT2D eigenvalue weighted by atomic mass is 9.93. The molecular weight excluding hydrogens is 398 g/mol. The molecule has 1 aliphatic rings. The highest BCUT2D eigenvalue weighted by Crippen LogP contribution is 2.37. The molecule has 0 saturated carbocycles. The highest BCUT2D eigenvalue weighted by molar-refractivity contribution is 7.92. The van der Waals surface area contributed by atoms with Crippen molar-refractivity contribution in [3.8, 4) is 0 Å². The number of nitrogens with one attached hydrogen (secondary N) is 1. The second-order valence-electron chi connectivity index (χ2n) is 7.74. The van der Waals surface area contributed by atoms with Gasteiger partial charge in [0.15, 0.2) is 0 Å². The van der Waals surface area contributed by atoms with Crippen molar-refractivity contribution in [2.45, 2.75) is 46.1 Å². The quantitative estimate of drug-likeness (QED) is 0.707. The number of amides is 1. The highest BCUT2D eigenvalue weighted by Gasteiger charge is 2.36. The average molecular weight is 428 g/mol. The second-order valence-corrected chi connectivity index (χ2v) is 9.49. The first-order chi connectivity index (χ1) is 14.2. The molecule has 2 aromatic rings. The Hall–Kier alpha value is -2.67. The molecule has 160 valence electrons. The van der Waals surface area contributed by atoms with E-state index in [0.29, 0.717) is 23.4 Å². The molecule has 6 nitrogen and oxygen atoms in total. The molecule has 0 spiro atoms. The molecule has 0 fully saturated rings. The van der Waals surface area contributed by atoms with Gasteiger partial charge >= 0.3 is 0 Å². The predicted octanol–water partition coefficient (Wildman–Crippen LogP) is 4.48. The maximum Gasteiger partial charge on any atom is 0.246 e. The molecule has 0 saturated heterocycles. The molecule has 1 N–H and O–H groups in total. The van der Waals surface area contributed by atoms with Crippen LogP contribution in [0, 0.1) is 12.8 Å². The Morgan fingerprint density at radius 2 is 1.77 bits per heavy atom. The maximum absolute atomic E-state index is 13.3. The minimum atomic E-state index is -3.44. The molecular formula is C23H29N3O3S. The monoisotopic (exact) mass is 427 g/mol. The van der Waals surface area contributed by atoms with Crippen LogP contribution in [0.3, 0.4) is 0 Å². The van der Waals surface area contributed by atoms with Crippen LogP contribution < -0.4 is 4.72 Å². The lowest BCUT2D eigenvalue weighted by Crippen LogP contribution is -2.32. The summed E-state index contributed by atoms with van der Waals surface area (Å²) in [7, 11) is -3.44. The minimum Gasteiger partial charge on any atom is -0.283 e. The van der Waals surface area contributed by atoms with E-state index in [1.807, 2.05) is 57.2 Å². The third kappa shape index (κ3) is 4.73. The first-order valence-corrected chi connectivity index (χ1v) is 12.2. The molecule has 2 aromatic carbocycles. The van der Waals surface area contributed by atoms with Crippen LogP contribution in [-0.2, 0) is 14.8 Å². The zero-order valence-corrected chi connectivity index (χ0v) is 18.7. The van der Waals surface area contributed by atoms with Gasteiger partial charge in [-0.25, -0.2) is 13.4 Å². The van der Waals surface area contributed by atoms with E-state index in [1.165, 1.54) is 0 Å². The number of hydrogen-bond acceptors (Lipinski definition) is 4. The van der Waals surface area contributed by atoms with Crippen molar-refractivity contribution in [2.75, 3.05) is 11.0 Å². The molecule has 1 heterocycles. The van der Waals surface area contributed by atoms with Gasteiger partial charge in [-0.05, 0) is 37.0 Å². The number of anilines is 1. The van der Waals surface area contributed by atoms with Gasteiger partial charge in [0, 0.05) is 17.9 Å². The van der Waals surface area contributed by atoms with E-state index in [2.05, 4.69) is 4.72 Å². The molecule has 1 aliphatic heterocycles. The van der Waals surface area contributed by atoms with Crippen molar-refractivity contribution in [1.29, 1.82) is 0 Å². The van der Waals surface area contributed by atoms with Crippen LogP contribution in [0.5, 0.6) is 0 Å². The van der Waals surface area contributed by atoms with E-state index in [0.717, 1.165) is 30.2 Å². The number of nitrogens with zero attached hydrogens (tertiary/aromatic N) is 2. The number of aryl methyl sites for hydroxylation is 1. The summed E-state index contributed by atoms with van der Waals surface area (Å²) in [5.74, 6) is -0.0826. The predicted molar refractivity (Wildman–Crippen MR) is 121 cm³/mol. The molecule has 1 atom stereocenters. The number of hydrazone groups is 1. The smallest absolute Gasteiger partial charge is 0.246 e. The van der Waals surface area contributed by atoms with Gasteiger partial charge in [0.05, 0.1) is 23.7 Å². The number of carbonyl (C=O) groups is 1. The number of carbonyl (C=O) groups excluding carboxylic acids is 1. The largest absolute Gasteiger partial charge is 0.283 e. The summed E-state index contributed by atoms with van der Waals surface area (Å²) in [5, 5.41) is 6.35. The van der Waals surface area contributed by atoms with Crippen LogP contribution in [0.1, 0.15) is 55.8 Å². The summed E-state index contributed by atoms with van der Waals surface area (Å²) >= 11 is 0. The third-order valence-electron chi connectivity index (χ3n) is 5.55. The summed E-state index contributed by atoms with van der Waals surface area (Å²) in [6.45, 7) is 6.06.